The fourth-order valence-electron chi connectivity index (χ4n) is 5.39. The van der Waals surface area contributed by atoms with E-state index in [0.717, 1.165) is 31.4 Å². The first kappa shape index (κ1) is 23.1. The Kier molecular flexibility index (Phi) is 6.58. The zero-order valence-electron chi connectivity index (χ0n) is 19.6. The molecule has 1 aromatic carbocycles. The number of ketones is 1. The highest BCUT2D eigenvalue weighted by Crippen LogP contribution is 2.47. The summed E-state index contributed by atoms with van der Waals surface area (Å²) in [6.07, 6.45) is 4.15. The molecule has 0 spiro atoms. The number of carbonyl (C=O) groups excluding carboxylic acids is 3. The van der Waals surface area contributed by atoms with Crippen LogP contribution in [0.5, 0.6) is 5.75 Å². The van der Waals surface area contributed by atoms with Crippen LogP contribution in [0.2, 0.25) is 0 Å². The molecule has 0 unspecified atom stereocenters. The van der Waals surface area contributed by atoms with Gasteiger partial charge in [0.05, 0.1) is 25.7 Å². The van der Waals surface area contributed by atoms with Crippen LogP contribution in [0.1, 0.15) is 57.4 Å². The molecule has 3 atom stereocenters. The van der Waals surface area contributed by atoms with Gasteiger partial charge in [-0.05, 0) is 51.0 Å². The minimum Gasteiger partial charge on any atom is -0.496 e. The molecular formula is C26H31NO6. The molecule has 7 nitrogen and oxygen atoms in total. The van der Waals surface area contributed by atoms with E-state index in [1.54, 1.807) is 13.2 Å². The van der Waals surface area contributed by atoms with Crippen LogP contribution in [0.15, 0.2) is 46.8 Å². The third-order valence-corrected chi connectivity index (χ3v) is 6.99. The molecule has 1 aliphatic heterocycles. The minimum absolute atomic E-state index is 0.114. The number of hydrogen-bond donors (Lipinski definition) is 1. The third-order valence-electron chi connectivity index (χ3n) is 6.99. The van der Waals surface area contributed by atoms with E-state index in [0.29, 0.717) is 34.6 Å². The molecule has 3 aliphatic rings. The second-order valence-electron chi connectivity index (χ2n) is 9.09. The number of esters is 2. The van der Waals surface area contributed by atoms with Crippen molar-refractivity contribution in [2.24, 2.45) is 11.8 Å². The lowest BCUT2D eigenvalue weighted by Crippen LogP contribution is -2.43. The summed E-state index contributed by atoms with van der Waals surface area (Å²) in [5, 5.41) is 3.29. The number of carbonyl (C=O) groups is 3. The summed E-state index contributed by atoms with van der Waals surface area (Å²) in [4.78, 5) is 39.8. The van der Waals surface area contributed by atoms with E-state index >= 15 is 0 Å². The second-order valence-corrected chi connectivity index (χ2v) is 9.09. The van der Waals surface area contributed by atoms with Gasteiger partial charge in [0.15, 0.2) is 5.78 Å². The molecule has 0 saturated heterocycles. The first-order chi connectivity index (χ1) is 15.9. The monoisotopic (exact) mass is 453 g/mol. The molecule has 2 aliphatic carbocycles. The number of ether oxygens (including phenoxy) is 3. The highest BCUT2D eigenvalue weighted by atomic mass is 16.5. The Hall–Kier alpha value is -3.09. The average Bonchev–Trinajstić information content (AvgIpc) is 3.30. The Labute approximate surface area is 194 Å². The Morgan fingerprint density at radius 3 is 2.45 bits per heavy atom. The quantitative estimate of drug-likeness (QED) is 0.536. The number of methoxy groups -OCH3 is 2. The van der Waals surface area contributed by atoms with Crippen LogP contribution in [0.3, 0.4) is 0 Å². The van der Waals surface area contributed by atoms with Gasteiger partial charge in [-0.15, -0.1) is 0 Å². The van der Waals surface area contributed by atoms with Crippen molar-refractivity contribution >= 4 is 17.7 Å². The molecule has 1 N–H and O–H groups in total. The number of hydrogen-bond acceptors (Lipinski definition) is 7. The standard InChI is InChI=1S/C26H31NO6/c1-14-13-18-23(24(28)20(14)25(29)32-4)22(17-11-7-8-12-19(17)31-3)21(15(2)27-18)26(30)33-16-9-5-6-10-16/h7-8,11-12,14,16,20,22,27H,5-6,9-10,13H2,1-4H3/t14-,20+,22-/m1/s1. The second kappa shape index (κ2) is 9.41. The van der Waals surface area contributed by atoms with Crippen LogP contribution in [0.25, 0.3) is 0 Å². The highest BCUT2D eigenvalue weighted by molar-refractivity contribution is 6.12. The van der Waals surface area contributed by atoms with Gasteiger partial charge in [-0.1, -0.05) is 25.1 Å². The van der Waals surface area contributed by atoms with E-state index in [9.17, 15) is 14.4 Å². The SMILES string of the molecule is COC(=O)[C@@H]1C(=O)C2=C(C[C@H]1C)NC(C)=C(C(=O)OC1CCCC1)[C@H]2c1ccccc1OC. The van der Waals surface area contributed by atoms with Gasteiger partial charge in [-0.25, -0.2) is 4.79 Å². The fourth-order valence-corrected chi connectivity index (χ4v) is 5.39. The summed E-state index contributed by atoms with van der Waals surface area (Å²) in [5.74, 6) is -2.59. The van der Waals surface area contributed by atoms with Crippen LogP contribution in [-0.4, -0.2) is 38.0 Å². The largest absolute Gasteiger partial charge is 0.496 e. The van der Waals surface area contributed by atoms with Gasteiger partial charge in [0.25, 0.3) is 0 Å². The number of rotatable bonds is 5. The summed E-state index contributed by atoms with van der Waals surface area (Å²) in [5.41, 5.74) is 2.88. The number of allylic oxidation sites excluding steroid dienone is 3. The van der Waals surface area contributed by atoms with E-state index in [1.807, 2.05) is 32.0 Å². The molecule has 1 heterocycles. The zero-order valence-corrected chi connectivity index (χ0v) is 19.6. The molecule has 33 heavy (non-hydrogen) atoms. The Bertz CT molecular complexity index is 1030. The fraction of sp³-hybridized carbons (Fsp3) is 0.500. The van der Waals surface area contributed by atoms with Crippen molar-refractivity contribution in [1.29, 1.82) is 0 Å². The Morgan fingerprint density at radius 2 is 1.79 bits per heavy atom. The minimum atomic E-state index is -0.918. The molecule has 1 fully saturated rings. The first-order valence-electron chi connectivity index (χ1n) is 11.5. The number of nitrogens with one attached hydrogen (secondary N) is 1. The molecule has 1 saturated carbocycles. The number of Topliss-reactive ketones (excluding diaryl/α,β-unsaturated/α-hetero) is 1. The predicted molar refractivity (Wildman–Crippen MR) is 121 cm³/mol. The van der Waals surface area contributed by atoms with E-state index in [2.05, 4.69) is 5.32 Å². The van der Waals surface area contributed by atoms with Crippen LogP contribution in [-0.2, 0) is 23.9 Å². The molecule has 176 valence electrons. The summed E-state index contributed by atoms with van der Waals surface area (Å²) in [6, 6.07) is 7.35. The van der Waals surface area contributed by atoms with Gasteiger partial charge < -0.3 is 19.5 Å². The van der Waals surface area contributed by atoms with Gasteiger partial charge in [0.2, 0.25) is 0 Å². The molecule has 1 aromatic rings. The van der Waals surface area contributed by atoms with E-state index in [1.165, 1.54) is 7.11 Å². The van der Waals surface area contributed by atoms with Gasteiger partial charge in [-0.3, -0.25) is 9.59 Å². The van der Waals surface area contributed by atoms with E-state index in [4.69, 9.17) is 14.2 Å². The third kappa shape index (κ3) is 4.16. The Balaban J connectivity index is 1.84. The van der Waals surface area contributed by atoms with Crippen molar-refractivity contribution in [3.8, 4) is 5.75 Å². The van der Waals surface area contributed by atoms with Crippen LogP contribution >= 0.6 is 0 Å². The smallest absolute Gasteiger partial charge is 0.337 e. The Morgan fingerprint density at radius 1 is 1.09 bits per heavy atom. The lowest BCUT2D eigenvalue weighted by atomic mass is 9.69. The highest BCUT2D eigenvalue weighted by Gasteiger charge is 2.48. The van der Waals surface area contributed by atoms with Crippen molar-refractivity contribution in [1.82, 2.24) is 5.32 Å². The molecule has 0 aromatic heterocycles. The zero-order chi connectivity index (χ0) is 23.7. The number of para-hydroxylation sites is 1. The predicted octanol–water partition coefficient (Wildman–Crippen LogP) is 3.79. The normalized spacial score (nSPS) is 25.5. The lowest BCUT2D eigenvalue weighted by Gasteiger charge is -2.38. The van der Waals surface area contributed by atoms with Gasteiger partial charge in [-0.2, -0.15) is 0 Å². The molecule has 4 rings (SSSR count). The van der Waals surface area contributed by atoms with Crippen molar-refractivity contribution < 1.29 is 28.6 Å². The van der Waals surface area contributed by atoms with Crippen molar-refractivity contribution in [3.63, 3.8) is 0 Å². The average molecular weight is 454 g/mol. The molecular weight excluding hydrogens is 422 g/mol. The molecule has 0 amide bonds. The molecule has 7 heteroatoms. The molecule has 0 bridgehead atoms. The number of benzene rings is 1. The topological polar surface area (TPSA) is 90.9 Å². The summed E-state index contributed by atoms with van der Waals surface area (Å²) < 4.78 is 16.4. The van der Waals surface area contributed by atoms with Gasteiger partial charge in [0, 0.05) is 22.5 Å². The summed E-state index contributed by atoms with van der Waals surface area (Å²) >= 11 is 0. The van der Waals surface area contributed by atoms with E-state index < -0.39 is 23.8 Å². The van der Waals surface area contributed by atoms with Crippen molar-refractivity contribution in [2.45, 2.75) is 58.0 Å². The maximum Gasteiger partial charge on any atom is 0.337 e. The number of dihydropyridines is 1. The van der Waals surface area contributed by atoms with Crippen molar-refractivity contribution in [3.05, 3.63) is 52.4 Å². The van der Waals surface area contributed by atoms with Crippen LogP contribution < -0.4 is 10.1 Å². The van der Waals surface area contributed by atoms with Gasteiger partial charge in [0.1, 0.15) is 17.8 Å². The summed E-state index contributed by atoms with van der Waals surface area (Å²) in [7, 11) is 2.85. The van der Waals surface area contributed by atoms with E-state index in [-0.39, 0.29) is 17.8 Å². The van der Waals surface area contributed by atoms with Crippen molar-refractivity contribution in [2.75, 3.05) is 14.2 Å². The van der Waals surface area contributed by atoms with Crippen LogP contribution in [0.4, 0.5) is 0 Å². The molecule has 0 radical (unpaired) electrons. The lowest BCUT2D eigenvalue weighted by molar-refractivity contribution is -0.151. The maximum absolute atomic E-state index is 13.8. The van der Waals surface area contributed by atoms with Gasteiger partial charge >= 0.3 is 11.9 Å². The van der Waals surface area contributed by atoms with Crippen LogP contribution in [0, 0.1) is 11.8 Å². The maximum atomic E-state index is 13.8. The summed E-state index contributed by atoms with van der Waals surface area (Å²) in [6.45, 7) is 3.70. The first-order valence-corrected chi connectivity index (χ1v) is 11.5.